The molecule has 1 fully saturated rings. The molecule has 1 saturated heterocycles. The molecule has 0 spiro atoms. The summed E-state index contributed by atoms with van der Waals surface area (Å²) in [5, 5.41) is 0. The van der Waals surface area contributed by atoms with E-state index in [0.29, 0.717) is 19.7 Å². The highest BCUT2D eigenvalue weighted by atomic mass is 16.5. The molecular formula is C16H21NO2. The van der Waals surface area contributed by atoms with Crippen LogP contribution in [0, 0.1) is 13.8 Å². The number of hydrogen-bond acceptors (Lipinski definition) is 2. The van der Waals surface area contributed by atoms with E-state index in [0.717, 1.165) is 5.56 Å². The molecule has 0 radical (unpaired) electrons. The lowest BCUT2D eigenvalue weighted by Crippen LogP contribution is -2.43. The fourth-order valence-electron chi connectivity index (χ4n) is 2.30. The Labute approximate surface area is 114 Å². The van der Waals surface area contributed by atoms with Gasteiger partial charge in [0.2, 0.25) is 5.91 Å². The van der Waals surface area contributed by atoms with Gasteiger partial charge in [0, 0.05) is 19.2 Å². The van der Waals surface area contributed by atoms with Crippen molar-refractivity contribution in [3.8, 4) is 0 Å². The minimum atomic E-state index is 0.0649. The van der Waals surface area contributed by atoms with Crippen LogP contribution in [0.4, 0.5) is 0 Å². The van der Waals surface area contributed by atoms with E-state index in [9.17, 15) is 4.79 Å². The maximum absolute atomic E-state index is 12.1. The predicted octanol–water partition coefficient (Wildman–Crippen LogP) is 2.56. The fourth-order valence-corrected chi connectivity index (χ4v) is 2.30. The van der Waals surface area contributed by atoms with Gasteiger partial charge in [-0.15, -0.1) is 0 Å². The quantitative estimate of drug-likeness (QED) is 0.764. The third kappa shape index (κ3) is 3.67. The monoisotopic (exact) mass is 259 g/mol. The number of rotatable bonds is 2. The molecule has 1 aliphatic rings. The van der Waals surface area contributed by atoms with Crippen LogP contribution in [-0.4, -0.2) is 36.6 Å². The Morgan fingerprint density at radius 1 is 1.42 bits per heavy atom. The molecule has 1 atom stereocenters. The minimum Gasteiger partial charge on any atom is -0.375 e. The van der Waals surface area contributed by atoms with Gasteiger partial charge in [-0.1, -0.05) is 23.8 Å². The second kappa shape index (κ2) is 6.02. The summed E-state index contributed by atoms with van der Waals surface area (Å²) in [4.78, 5) is 13.9. The Morgan fingerprint density at radius 3 is 2.89 bits per heavy atom. The molecule has 102 valence electrons. The van der Waals surface area contributed by atoms with Gasteiger partial charge >= 0.3 is 0 Å². The predicted molar refractivity (Wildman–Crippen MR) is 76.9 cm³/mol. The molecule has 3 nitrogen and oxygen atoms in total. The first kappa shape index (κ1) is 13.8. The molecule has 0 aliphatic carbocycles. The van der Waals surface area contributed by atoms with Crippen LogP contribution < -0.4 is 0 Å². The number of morpholine rings is 1. The van der Waals surface area contributed by atoms with E-state index in [1.807, 2.05) is 17.9 Å². The van der Waals surface area contributed by atoms with Gasteiger partial charge in [-0.3, -0.25) is 4.79 Å². The van der Waals surface area contributed by atoms with E-state index in [1.165, 1.54) is 11.1 Å². The highest BCUT2D eigenvalue weighted by Crippen LogP contribution is 2.13. The van der Waals surface area contributed by atoms with Crippen molar-refractivity contribution in [3.05, 3.63) is 41.0 Å². The maximum Gasteiger partial charge on any atom is 0.246 e. The first-order valence-corrected chi connectivity index (χ1v) is 6.72. The molecule has 3 heteroatoms. The molecule has 0 aromatic heterocycles. The van der Waals surface area contributed by atoms with E-state index >= 15 is 0 Å². The number of benzene rings is 1. The number of amides is 1. The summed E-state index contributed by atoms with van der Waals surface area (Å²) in [7, 11) is 0. The summed E-state index contributed by atoms with van der Waals surface area (Å²) >= 11 is 0. The van der Waals surface area contributed by atoms with Crippen molar-refractivity contribution in [1.82, 2.24) is 4.90 Å². The Hall–Kier alpha value is -1.61. The van der Waals surface area contributed by atoms with Crippen molar-refractivity contribution in [2.75, 3.05) is 19.7 Å². The van der Waals surface area contributed by atoms with Crippen LogP contribution in [0.2, 0.25) is 0 Å². The zero-order chi connectivity index (χ0) is 13.8. The van der Waals surface area contributed by atoms with E-state index < -0.39 is 0 Å². The summed E-state index contributed by atoms with van der Waals surface area (Å²) in [6, 6.07) is 6.24. The lowest BCUT2D eigenvalue weighted by atomic mass is 10.1. The second-order valence-corrected chi connectivity index (χ2v) is 5.16. The Balaban J connectivity index is 2.03. The van der Waals surface area contributed by atoms with Crippen LogP contribution in [0.1, 0.15) is 23.6 Å². The van der Waals surface area contributed by atoms with Crippen LogP contribution in [-0.2, 0) is 9.53 Å². The summed E-state index contributed by atoms with van der Waals surface area (Å²) in [5.74, 6) is 0.0649. The first-order chi connectivity index (χ1) is 9.06. The molecule has 19 heavy (non-hydrogen) atoms. The van der Waals surface area contributed by atoms with Crippen LogP contribution in [0.5, 0.6) is 0 Å². The molecule has 1 unspecified atom stereocenters. The van der Waals surface area contributed by atoms with E-state index in [-0.39, 0.29) is 12.0 Å². The largest absolute Gasteiger partial charge is 0.375 e. The standard InChI is InChI=1S/C16H21NO2/c1-12-4-5-15(13(2)10-12)6-7-16(18)17-8-9-19-14(3)11-17/h4-7,10,14H,8-9,11H2,1-3H3/b7-6+. The van der Waals surface area contributed by atoms with Crippen molar-refractivity contribution in [1.29, 1.82) is 0 Å². The zero-order valence-electron chi connectivity index (χ0n) is 11.8. The zero-order valence-corrected chi connectivity index (χ0v) is 11.8. The smallest absolute Gasteiger partial charge is 0.246 e. The Bertz CT molecular complexity index is 494. The summed E-state index contributed by atoms with van der Waals surface area (Å²) < 4.78 is 5.44. The van der Waals surface area contributed by atoms with E-state index in [1.54, 1.807) is 6.08 Å². The van der Waals surface area contributed by atoms with Gasteiger partial charge in [-0.05, 0) is 38.0 Å². The highest BCUT2D eigenvalue weighted by molar-refractivity contribution is 5.92. The molecule has 0 saturated carbocycles. The topological polar surface area (TPSA) is 29.5 Å². The molecule has 1 amide bonds. The average molecular weight is 259 g/mol. The molecule has 0 N–H and O–H groups in total. The lowest BCUT2D eigenvalue weighted by Gasteiger charge is -2.30. The second-order valence-electron chi connectivity index (χ2n) is 5.16. The van der Waals surface area contributed by atoms with Gasteiger partial charge < -0.3 is 9.64 Å². The molecule has 1 aromatic carbocycles. The van der Waals surface area contributed by atoms with Crippen molar-refractivity contribution >= 4 is 12.0 Å². The molecule has 1 aromatic rings. The van der Waals surface area contributed by atoms with Crippen LogP contribution in [0.3, 0.4) is 0 Å². The average Bonchev–Trinajstić information content (AvgIpc) is 2.37. The van der Waals surface area contributed by atoms with Crippen LogP contribution >= 0.6 is 0 Å². The van der Waals surface area contributed by atoms with Gasteiger partial charge in [0.1, 0.15) is 0 Å². The number of carbonyl (C=O) groups excluding carboxylic acids is 1. The third-order valence-electron chi connectivity index (χ3n) is 3.38. The van der Waals surface area contributed by atoms with Crippen molar-refractivity contribution in [3.63, 3.8) is 0 Å². The third-order valence-corrected chi connectivity index (χ3v) is 3.38. The number of ether oxygens (including phenoxy) is 1. The maximum atomic E-state index is 12.1. The van der Waals surface area contributed by atoms with Crippen molar-refractivity contribution < 1.29 is 9.53 Å². The van der Waals surface area contributed by atoms with Crippen molar-refractivity contribution in [2.24, 2.45) is 0 Å². The van der Waals surface area contributed by atoms with Gasteiger partial charge in [0.25, 0.3) is 0 Å². The molecule has 2 rings (SSSR count). The summed E-state index contributed by atoms with van der Waals surface area (Å²) in [6.45, 7) is 8.11. The first-order valence-electron chi connectivity index (χ1n) is 6.72. The SMILES string of the molecule is Cc1ccc(/C=C/C(=O)N2CCOC(C)C2)c(C)c1. The van der Waals surface area contributed by atoms with Crippen LogP contribution in [0.15, 0.2) is 24.3 Å². The lowest BCUT2D eigenvalue weighted by molar-refractivity contribution is -0.132. The van der Waals surface area contributed by atoms with Gasteiger partial charge in [-0.2, -0.15) is 0 Å². The van der Waals surface area contributed by atoms with E-state index in [2.05, 4.69) is 32.0 Å². The Morgan fingerprint density at radius 2 is 2.21 bits per heavy atom. The van der Waals surface area contributed by atoms with Gasteiger partial charge in [0.15, 0.2) is 0 Å². The number of hydrogen-bond donors (Lipinski definition) is 0. The summed E-state index contributed by atoms with van der Waals surface area (Å²) in [6.07, 6.45) is 3.69. The minimum absolute atomic E-state index is 0.0649. The number of carbonyl (C=O) groups is 1. The molecule has 1 heterocycles. The van der Waals surface area contributed by atoms with E-state index in [4.69, 9.17) is 4.74 Å². The Kier molecular flexibility index (Phi) is 4.38. The van der Waals surface area contributed by atoms with Crippen molar-refractivity contribution in [2.45, 2.75) is 26.9 Å². The highest BCUT2D eigenvalue weighted by Gasteiger charge is 2.19. The van der Waals surface area contributed by atoms with Gasteiger partial charge in [0.05, 0.1) is 12.7 Å². The number of nitrogens with zero attached hydrogens (tertiary/aromatic N) is 1. The molecule has 1 aliphatic heterocycles. The fraction of sp³-hybridized carbons (Fsp3) is 0.438. The van der Waals surface area contributed by atoms with Gasteiger partial charge in [-0.25, -0.2) is 0 Å². The molecular weight excluding hydrogens is 238 g/mol. The normalized spacial score (nSPS) is 19.9. The summed E-state index contributed by atoms with van der Waals surface area (Å²) in [5.41, 5.74) is 3.53. The number of aryl methyl sites for hydroxylation is 2. The van der Waals surface area contributed by atoms with Crippen LogP contribution in [0.25, 0.3) is 6.08 Å². The molecule has 0 bridgehead atoms.